The van der Waals surface area contributed by atoms with Crippen LogP contribution in [0.2, 0.25) is 5.02 Å². The number of halogens is 1. The fraction of sp³-hybridized carbons (Fsp3) is 0.385. The zero-order chi connectivity index (χ0) is 13.5. The molecule has 0 aliphatic heterocycles. The van der Waals surface area contributed by atoms with Crippen LogP contribution in [0.1, 0.15) is 25.8 Å². The van der Waals surface area contributed by atoms with Crippen molar-refractivity contribution in [2.75, 3.05) is 11.9 Å². The van der Waals surface area contributed by atoms with Crippen molar-refractivity contribution in [2.45, 2.75) is 26.3 Å². The summed E-state index contributed by atoms with van der Waals surface area (Å²) in [7, 11) is 0. The molecule has 0 aromatic heterocycles. The number of hydrogen-bond donors (Lipinski definition) is 2. The molecule has 1 unspecified atom stereocenters. The van der Waals surface area contributed by atoms with Crippen molar-refractivity contribution in [3.63, 3.8) is 0 Å². The second-order valence-corrected chi connectivity index (χ2v) is 4.45. The first-order valence-electron chi connectivity index (χ1n) is 5.79. The summed E-state index contributed by atoms with van der Waals surface area (Å²) in [5.41, 5.74) is 0.988. The number of anilines is 1. The molecule has 5 heteroatoms. The molecule has 0 spiro atoms. The number of carbonyl (C=O) groups excluding carboxylic acids is 1. The van der Waals surface area contributed by atoms with Crippen molar-refractivity contribution in [2.24, 2.45) is 0 Å². The first kappa shape index (κ1) is 14.5. The molecule has 0 saturated carbocycles. The summed E-state index contributed by atoms with van der Waals surface area (Å²) < 4.78 is 0. The van der Waals surface area contributed by atoms with Gasteiger partial charge in [-0.1, -0.05) is 18.5 Å². The van der Waals surface area contributed by atoms with Gasteiger partial charge in [-0.15, -0.1) is 0 Å². The Kier molecular flexibility index (Phi) is 5.63. The number of nitrogens with one attached hydrogen (secondary N) is 2. The third kappa shape index (κ3) is 4.36. The van der Waals surface area contributed by atoms with Gasteiger partial charge in [0.1, 0.15) is 6.07 Å². The molecule has 0 bridgehead atoms. The molecule has 1 aromatic carbocycles. The minimum Gasteiger partial charge on any atom is -0.325 e. The van der Waals surface area contributed by atoms with Gasteiger partial charge in [0.15, 0.2) is 0 Å². The zero-order valence-corrected chi connectivity index (χ0v) is 11.2. The molecular formula is C13H16ClN3O. The average Bonchev–Trinajstić information content (AvgIpc) is 2.36. The summed E-state index contributed by atoms with van der Waals surface area (Å²) >= 11 is 5.87. The van der Waals surface area contributed by atoms with Crippen LogP contribution in [0, 0.1) is 11.3 Å². The van der Waals surface area contributed by atoms with Crippen LogP contribution in [-0.2, 0) is 4.79 Å². The number of nitrogens with zero attached hydrogens (tertiary/aromatic N) is 1. The molecule has 0 saturated heterocycles. The Labute approximate surface area is 112 Å². The molecule has 4 nitrogen and oxygen atoms in total. The van der Waals surface area contributed by atoms with Gasteiger partial charge < -0.3 is 10.6 Å². The molecule has 1 amide bonds. The maximum Gasteiger partial charge on any atom is 0.238 e. The predicted octanol–water partition coefficient (Wildman–Crippen LogP) is 2.54. The van der Waals surface area contributed by atoms with Crippen molar-refractivity contribution in [3.8, 4) is 6.07 Å². The van der Waals surface area contributed by atoms with E-state index in [1.807, 2.05) is 13.0 Å². The number of nitriles is 1. The highest BCUT2D eigenvalue weighted by atomic mass is 35.5. The summed E-state index contributed by atoms with van der Waals surface area (Å²) in [5.74, 6) is -0.129. The lowest BCUT2D eigenvalue weighted by molar-refractivity contribution is -0.115. The topological polar surface area (TPSA) is 64.9 Å². The Morgan fingerprint density at radius 1 is 1.56 bits per heavy atom. The van der Waals surface area contributed by atoms with E-state index in [1.54, 1.807) is 18.2 Å². The molecule has 18 heavy (non-hydrogen) atoms. The van der Waals surface area contributed by atoms with Crippen LogP contribution in [0.25, 0.3) is 0 Å². The second kappa shape index (κ2) is 7.00. The maximum atomic E-state index is 11.6. The van der Waals surface area contributed by atoms with Gasteiger partial charge in [0.25, 0.3) is 0 Å². The smallest absolute Gasteiger partial charge is 0.238 e. The summed E-state index contributed by atoms with van der Waals surface area (Å²) in [6.07, 6.45) is 0.968. The highest BCUT2D eigenvalue weighted by Gasteiger charge is 2.06. The van der Waals surface area contributed by atoms with E-state index < -0.39 is 0 Å². The van der Waals surface area contributed by atoms with Crippen LogP contribution in [-0.4, -0.2) is 18.5 Å². The highest BCUT2D eigenvalue weighted by molar-refractivity contribution is 6.32. The molecule has 1 aromatic rings. The fourth-order valence-electron chi connectivity index (χ4n) is 1.30. The van der Waals surface area contributed by atoms with E-state index >= 15 is 0 Å². The minimum atomic E-state index is -0.129. The van der Waals surface area contributed by atoms with Crippen LogP contribution >= 0.6 is 11.6 Å². The molecule has 0 radical (unpaired) electrons. The van der Waals surface area contributed by atoms with Crippen molar-refractivity contribution in [1.82, 2.24) is 5.32 Å². The molecule has 0 aliphatic rings. The Bertz CT molecular complexity index is 468. The Hall–Kier alpha value is -1.57. The lowest BCUT2D eigenvalue weighted by atomic mass is 10.2. The van der Waals surface area contributed by atoms with Crippen LogP contribution in [0.3, 0.4) is 0 Å². The molecule has 0 fully saturated rings. The molecular weight excluding hydrogens is 250 g/mol. The van der Waals surface area contributed by atoms with E-state index in [0.717, 1.165) is 6.42 Å². The highest BCUT2D eigenvalue weighted by Crippen LogP contribution is 2.19. The van der Waals surface area contributed by atoms with Crippen molar-refractivity contribution in [3.05, 3.63) is 28.8 Å². The van der Waals surface area contributed by atoms with Gasteiger partial charge in [0, 0.05) is 11.7 Å². The Morgan fingerprint density at radius 2 is 2.28 bits per heavy atom. The fourth-order valence-corrected chi connectivity index (χ4v) is 1.52. The zero-order valence-electron chi connectivity index (χ0n) is 10.5. The van der Waals surface area contributed by atoms with E-state index in [9.17, 15) is 4.79 Å². The van der Waals surface area contributed by atoms with Gasteiger partial charge in [0.2, 0.25) is 5.91 Å². The third-order valence-corrected chi connectivity index (χ3v) is 2.91. The normalized spacial score (nSPS) is 11.7. The predicted molar refractivity (Wildman–Crippen MR) is 72.6 cm³/mol. The Morgan fingerprint density at radius 3 is 2.83 bits per heavy atom. The largest absolute Gasteiger partial charge is 0.325 e. The van der Waals surface area contributed by atoms with Gasteiger partial charge >= 0.3 is 0 Å². The van der Waals surface area contributed by atoms with Crippen molar-refractivity contribution < 1.29 is 4.79 Å². The van der Waals surface area contributed by atoms with E-state index in [-0.39, 0.29) is 12.5 Å². The average molecular weight is 266 g/mol. The van der Waals surface area contributed by atoms with Crippen molar-refractivity contribution in [1.29, 1.82) is 5.26 Å². The van der Waals surface area contributed by atoms with Gasteiger partial charge in [-0.3, -0.25) is 4.79 Å². The lowest BCUT2D eigenvalue weighted by Crippen LogP contribution is -2.33. The van der Waals surface area contributed by atoms with Crippen LogP contribution in [0.15, 0.2) is 18.2 Å². The SMILES string of the molecule is CCC(C)NCC(=O)Nc1ccc(C#N)c(Cl)c1. The van der Waals surface area contributed by atoms with Gasteiger partial charge in [0.05, 0.1) is 17.1 Å². The summed E-state index contributed by atoms with van der Waals surface area (Å²) in [6, 6.07) is 7.08. The number of carbonyl (C=O) groups is 1. The quantitative estimate of drug-likeness (QED) is 0.860. The number of hydrogen-bond acceptors (Lipinski definition) is 3. The van der Waals surface area contributed by atoms with E-state index in [0.29, 0.717) is 22.3 Å². The van der Waals surface area contributed by atoms with Crippen LogP contribution in [0.5, 0.6) is 0 Å². The molecule has 96 valence electrons. The Balaban J connectivity index is 2.55. The molecule has 1 rings (SSSR count). The van der Waals surface area contributed by atoms with Crippen LogP contribution < -0.4 is 10.6 Å². The summed E-state index contributed by atoms with van der Waals surface area (Å²) in [5, 5.41) is 14.9. The van der Waals surface area contributed by atoms with Gasteiger partial charge in [-0.05, 0) is 31.5 Å². The number of amides is 1. The molecule has 0 heterocycles. The first-order chi connectivity index (χ1) is 8.56. The van der Waals surface area contributed by atoms with Gasteiger partial charge in [-0.2, -0.15) is 5.26 Å². The summed E-state index contributed by atoms with van der Waals surface area (Å²) in [4.78, 5) is 11.6. The minimum absolute atomic E-state index is 0.129. The third-order valence-electron chi connectivity index (χ3n) is 2.60. The lowest BCUT2D eigenvalue weighted by Gasteiger charge is -2.11. The van der Waals surface area contributed by atoms with Crippen molar-refractivity contribution >= 4 is 23.2 Å². The number of benzene rings is 1. The maximum absolute atomic E-state index is 11.6. The van der Waals surface area contributed by atoms with E-state index in [2.05, 4.69) is 17.6 Å². The van der Waals surface area contributed by atoms with Crippen LogP contribution in [0.4, 0.5) is 5.69 Å². The van der Waals surface area contributed by atoms with Gasteiger partial charge in [-0.25, -0.2) is 0 Å². The molecule has 1 atom stereocenters. The number of rotatable bonds is 5. The molecule has 2 N–H and O–H groups in total. The standard InChI is InChI=1S/C13H16ClN3O/c1-3-9(2)16-8-13(18)17-11-5-4-10(7-15)12(14)6-11/h4-6,9,16H,3,8H2,1-2H3,(H,17,18). The monoisotopic (exact) mass is 265 g/mol. The van der Waals surface area contributed by atoms with E-state index in [1.165, 1.54) is 0 Å². The van der Waals surface area contributed by atoms with E-state index in [4.69, 9.17) is 16.9 Å². The molecule has 0 aliphatic carbocycles. The second-order valence-electron chi connectivity index (χ2n) is 4.04. The first-order valence-corrected chi connectivity index (χ1v) is 6.17. The summed E-state index contributed by atoms with van der Waals surface area (Å²) in [6.45, 7) is 4.33.